The number of carbonyl (C=O) groups excluding carboxylic acids is 1. The highest BCUT2D eigenvalue weighted by Gasteiger charge is 2.43. The fourth-order valence-electron chi connectivity index (χ4n) is 7.39. The number of ether oxygens (including phenoxy) is 4. The molecule has 0 fully saturated rings. The van der Waals surface area contributed by atoms with Crippen molar-refractivity contribution in [2.45, 2.75) is 70.0 Å². The zero-order valence-corrected chi connectivity index (χ0v) is 30.7. The number of nitrogens with zero attached hydrogens (tertiary/aromatic N) is 3. The minimum absolute atomic E-state index is 0.211. The number of hydrogen-bond donors (Lipinski definition) is 1. The summed E-state index contributed by atoms with van der Waals surface area (Å²) in [5.74, 6) is 3.22. The lowest BCUT2D eigenvalue weighted by Crippen LogP contribution is -2.43. The van der Waals surface area contributed by atoms with Crippen molar-refractivity contribution in [3.8, 4) is 39.8 Å². The maximum atomic E-state index is 12.9. The molecule has 0 spiro atoms. The highest BCUT2D eigenvalue weighted by Crippen LogP contribution is 2.50. The van der Waals surface area contributed by atoms with Crippen molar-refractivity contribution in [1.82, 2.24) is 4.40 Å². The Hall–Kier alpha value is -4.22. The summed E-state index contributed by atoms with van der Waals surface area (Å²) in [7, 11) is -4.63. The van der Waals surface area contributed by atoms with Gasteiger partial charge in [-0.3, -0.25) is 4.79 Å². The number of aryl methyl sites for hydroxylation is 1. The summed E-state index contributed by atoms with van der Waals surface area (Å²) in [5.41, 5.74) is 2.33. The van der Waals surface area contributed by atoms with E-state index in [1.807, 2.05) is 12.1 Å². The molecule has 1 unspecified atom stereocenters. The number of fused-ring (bicyclic) bond motifs is 7. The van der Waals surface area contributed by atoms with Gasteiger partial charge in [-0.1, -0.05) is 17.4 Å². The molecule has 12 nitrogen and oxygen atoms in total. The van der Waals surface area contributed by atoms with Crippen molar-refractivity contribution >= 4 is 43.9 Å². The van der Waals surface area contributed by atoms with E-state index in [0.717, 1.165) is 89.3 Å². The van der Waals surface area contributed by atoms with E-state index in [-0.39, 0.29) is 24.0 Å². The monoisotopic (exact) mass is 764 g/mol. The minimum atomic E-state index is -6.09. The van der Waals surface area contributed by atoms with Crippen LogP contribution in [0.4, 0.5) is 24.7 Å². The maximum absolute atomic E-state index is 12.9. The number of halogens is 3. The van der Waals surface area contributed by atoms with Crippen LogP contribution in [-0.2, 0) is 32.5 Å². The molecule has 4 aliphatic rings. The average molecular weight is 765 g/mol. The molecule has 0 amide bonds. The fraction of sp³-hybridized carbons (Fsp3) is 0.486. The van der Waals surface area contributed by atoms with Crippen molar-refractivity contribution < 1.29 is 54.5 Å². The van der Waals surface area contributed by atoms with Crippen LogP contribution in [0.25, 0.3) is 27.5 Å². The van der Waals surface area contributed by atoms with Crippen LogP contribution in [0.1, 0.15) is 57.2 Å². The van der Waals surface area contributed by atoms with E-state index in [4.69, 9.17) is 31.9 Å². The lowest BCUT2D eigenvalue weighted by Gasteiger charge is -2.38. The Morgan fingerprint density at radius 3 is 2.48 bits per heavy atom. The number of thiazole rings is 1. The zero-order chi connectivity index (χ0) is 37.2. The molecule has 1 atom stereocenters. The van der Waals surface area contributed by atoms with Crippen LogP contribution in [0.3, 0.4) is 0 Å². The molecule has 0 aliphatic carbocycles. The van der Waals surface area contributed by atoms with Crippen molar-refractivity contribution in [2.24, 2.45) is 0 Å². The first-order chi connectivity index (χ1) is 24.6. The number of anilines is 2. The molecule has 0 bridgehead atoms. The van der Waals surface area contributed by atoms with Crippen LogP contribution in [0.15, 0.2) is 29.6 Å². The Kier molecular flexibility index (Phi) is 9.26. The van der Waals surface area contributed by atoms with Gasteiger partial charge >= 0.3 is 16.4 Å². The van der Waals surface area contributed by atoms with E-state index < -0.39 is 15.6 Å². The van der Waals surface area contributed by atoms with Crippen LogP contribution in [0, 0.1) is 0 Å². The topological polar surface area (TPSA) is 135 Å². The van der Waals surface area contributed by atoms with E-state index in [1.165, 1.54) is 23.9 Å². The fourth-order valence-corrected chi connectivity index (χ4v) is 8.49. The quantitative estimate of drug-likeness (QED) is 0.117. The molecular weight excluding hydrogens is 726 g/mol. The Labute approximate surface area is 302 Å². The van der Waals surface area contributed by atoms with E-state index in [0.29, 0.717) is 19.8 Å². The SMILES string of the molecule is COC(=O)CC1COc2c(cc3c4c2CCCN4CCC3)-c2c(NC(C)(C)C)n3c(-c4cccc5c4OCCO5)csc3[n+]21.O=S(=O)([O-])C(F)(F)F. The summed E-state index contributed by atoms with van der Waals surface area (Å²) in [5, 5.41) is 6.08. The number of carbonyl (C=O) groups is 1. The molecule has 0 saturated carbocycles. The normalized spacial score (nSPS) is 17.8. The first kappa shape index (κ1) is 36.2. The minimum Gasteiger partial charge on any atom is -0.741 e. The van der Waals surface area contributed by atoms with E-state index in [1.54, 1.807) is 11.3 Å². The number of imidazole rings is 1. The molecule has 0 saturated heterocycles. The Balaban J connectivity index is 0.000000474. The molecule has 4 aromatic rings. The number of nitrogens with one attached hydrogen (secondary N) is 1. The van der Waals surface area contributed by atoms with Crippen LogP contribution in [-0.4, -0.2) is 74.4 Å². The van der Waals surface area contributed by atoms with Gasteiger partial charge in [0.1, 0.15) is 31.6 Å². The predicted octanol–water partition coefficient (Wildman–Crippen LogP) is 5.85. The van der Waals surface area contributed by atoms with Crippen molar-refractivity contribution in [3.63, 3.8) is 0 Å². The largest absolute Gasteiger partial charge is 0.741 e. The number of methoxy groups -OCH3 is 1. The Bertz CT molecular complexity index is 2160. The molecule has 8 rings (SSSR count). The van der Waals surface area contributed by atoms with Crippen LogP contribution < -0.4 is 29.0 Å². The summed E-state index contributed by atoms with van der Waals surface area (Å²) in [6.07, 6.45) is 4.53. The number of aromatic nitrogens is 2. The summed E-state index contributed by atoms with van der Waals surface area (Å²) in [6.45, 7) is 10.2. The number of rotatable bonds is 4. The second kappa shape index (κ2) is 13.3. The third-order valence-corrected chi connectivity index (χ3v) is 10.9. The Morgan fingerprint density at radius 1 is 1.08 bits per heavy atom. The summed E-state index contributed by atoms with van der Waals surface area (Å²) in [4.78, 5) is 16.4. The summed E-state index contributed by atoms with van der Waals surface area (Å²) < 4.78 is 87.7. The van der Waals surface area contributed by atoms with Gasteiger partial charge in [-0.25, -0.2) is 13.0 Å². The number of para-hydroxylation sites is 1. The molecule has 2 aromatic heterocycles. The van der Waals surface area contributed by atoms with Gasteiger partial charge in [0, 0.05) is 35.3 Å². The Morgan fingerprint density at radius 2 is 1.79 bits per heavy atom. The predicted molar refractivity (Wildman–Crippen MR) is 186 cm³/mol. The maximum Gasteiger partial charge on any atom is 0.485 e. The molecule has 1 N–H and O–H groups in total. The standard InChI is InChI=1S/C34H39N4O5S.CHF3O3S/c1-34(2,3)35-32-29-24-16-20-8-6-12-36-13-7-10-23(28(20)36)30(24)43-18-21(17-27(39)40-4)37(29)33-38(32)25(19-44-33)22-9-5-11-26-31(22)42-15-14-41-26;2-1(3,4)8(5,6)7/h5,9,11,16,19,21,35H,6-8,10,12-15,17-18H2,1-4H3;(H,5,6,7)/q+1;/p-1. The van der Waals surface area contributed by atoms with Gasteiger partial charge in [0.15, 0.2) is 27.3 Å². The number of hydrogen-bond acceptors (Lipinski definition) is 11. The third kappa shape index (κ3) is 6.51. The molecule has 17 heteroatoms. The molecule has 280 valence electrons. The molecular formula is C35H39F3N4O8S2. The zero-order valence-electron chi connectivity index (χ0n) is 29.1. The van der Waals surface area contributed by atoms with Crippen molar-refractivity contribution in [1.29, 1.82) is 0 Å². The lowest BCUT2D eigenvalue weighted by molar-refractivity contribution is -0.684. The second-order valence-electron chi connectivity index (χ2n) is 14.1. The first-order valence-electron chi connectivity index (χ1n) is 17.0. The summed E-state index contributed by atoms with van der Waals surface area (Å²) >= 11 is 1.67. The van der Waals surface area contributed by atoms with Gasteiger partial charge in [-0.2, -0.15) is 17.6 Å². The second-order valence-corrected chi connectivity index (χ2v) is 16.3. The highest BCUT2D eigenvalue weighted by atomic mass is 32.2. The molecule has 2 aromatic carbocycles. The average Bonchev–Trinajstić information content (AvgIpc) is 3.59. The van der Waals surface area contributed by atoms with Gasteiger partial charge in [0.25, 0.3) is 0 Å². The van der Waals surface area contributed by atoms with Crippen molar-refractivity contribution in [2.75, 3.05) is 50.2 Å². The van der Waals surface area contributed by atoms with Crippen LogP contribution in [0.5, 0.6) is 17.2 Å². The first-order valence-corrected chi connectivity index (χ1v) is 19.3. The van der Waals surface area contributed by atoms with Gasteiger partial charge in [-0.15, -0.1) is 0 Å². The van der Waals surface area contributed by atoms with E-state index in [9.17, 15) is 18.0 Å². The van der Waals surface area contributed by atoms with Gasteiger partial charge in [-0.05, 0) is 70.2 Å². The van der Waals surface area contributed by atoms with Crippen LogP contribution >= 0.6 is 11.3 Å². The number of alkyl halides is 3. The van der Waals surface area contributed by atoms with Gasteiger partial charge in [0.05, 0.1) is 24.7 Å². The number of esters is 1. The molecule has 0 radical (unpaired) electrons. The summed E-state index contributed by atoms with van der Waals surface area (Å²) in [6, 6.07) is 8.21. The highest BCUT2D eigenvalue weighted by molar-refractivity contribution is 7.86. The van der Waals surface area contributed by atoms with Gasteiger partial charge < -0.3 is 33.7 Å². The molecule has 52 heavy (non-hydrogen) atoms. The smallest absolute Gasteiger partial charge is 0.485 e. The number of benzene rings is 2. The van der Waals surface area contributed by atoms with Crippen molar-refractivity contribution in [3.05, 3.63) is 40.8 Å². The van der Waals surface area contributed by atoms with Gasteiger partial charge in [0.2, 0.25) is 11.5 Å². The molecule has 6 heterocycles. The van der Waals surface area contributed by atoms with E-state index >= 15 is 0 Å². The lowest BCUT2D eigenvalue weighted by atomic mass is 9.88. The third-order valence-electron chi connectivity index (χ3n) is 9.36. The van der Waals surface area contributed by atoms with E-state index in [2.05, 4.69) is 57.5 Å². The molecule has 4 aliphatic heterocycles. The van der Waals surface area contributed by atoms with Crippen LogP contribution in [0.2, 0.25) is 0 Å².